The molecule has 2 aromatic heterocycles. The van der Waals surface area contributed by atoms with E-state index in [1.54, 1.807) is 22.8 Å². The van der Waals surface area contributed by atoms with Gasteiger partial charge in [-0.2, -0.15) is 9.30 Å². The topological polar surface area (TPSA) is 89.6 Å². The minimum absolute atomic E-state index is 0.208. The van der Waals surface area contributed by atoms with Crippen LogP contribution in [0.15, 0.2) is 39.7 Å². The number of fused-ring (bicyclic) bond motifs is 1. The van der Waals surface area contributed by atoms with Gasteiger partial charge in [0.15, 0.2) is 4.80 Å². The molecule has 0 aliphatic rings. The van der Waals surface area contributed by atoms with Gasteiger partial charge in [0.2, 0.25) is 15.9 Å². The fourth-order valence-electron chi connectivity index (χ4n) is 3.14. The van der Waals surface area contributed by atoms with Crippen molar-refractivity contribution in [3.8, 4) is 0 Å². The third kappa shape index (κ3) is 4.34. The number of imidazole rings is 1. The lowest BCUT2D eigenvalue weighted by atomic mass is 10.3. The summed E-state index contributed by atoms with van der Waals surface area (Å²) in [4.78, 5) is 21.8. The van der Waals surface area contributed by atoms with E-state index in [9.17, 15) is 13.2 Å². The highest BCUT2D eigenvalue weighted by Gasteiger charge is 2.22. The van der Waals surface area contributed by atoms with Crippen molar-refractivity contribution in [1.82, 2.24) is 18.4 Å². The first-order chi connectivity index (χ1) is 13.8. The number of nitrogens with zero attached hydrogens (tertiary/aromatic N) is 5. The molecule has 0 atom stereocenters. The van der Waals surface area contributed by atoms with E-state index >= 15 is 0 Å². The van der Waals surface area contributed by atoms with Crippen LogP contribution in [0.3, 0.4) is 0 Å². The second-order valence-corrected chi connectivity index (χ2v) is 9.44. The lowest BCUT2D eigenvalue weighted by Crippen LogP contribution is -2.30. The Balaban J connectivity index is 1.85. The zero-order chi connectivity index (χ0) is 21.2. The molecule has 0 saturated heterocycles. The van der Waals surface area contributed by atoms with Crippen LogP contribution in [0.2, 0.25) is 0 Å². The third-order valence-electron chi connectivity index (χ3n) is 4.83. The standard InChI is InChI=1S/C19H25N5O3S2/c1-5-24(6-2)29(26,27)14-7-8-16-15(13-14)20-17(23(16)4)9-10-18(25)21-19-22(3)11-12-28-19/h7-8,11-13H,5-6,9-10H2,1-4H3. The molecule has 0 aliphatic carbocycles. The summed E-state index contributed by atoms with van der Waals surface area (Å²) in [5.74, 6) is 0.511. The van der Waals surface area contributed by atoms with E-state index in [1.165, 1.54) is 15.6 Å². The number of rotatable bonds is 7. The number of aromatic nitrogens is 3. The van der Waals surface area contributed by atoms with Crippen molar-refractivity contribution in [2.24, 2.45) is 19.1 Å². The Labute approximate surface area is 174 Å². The van der Waals surface area contributed by atoms with E-state index in [2.05, 4.69) is 9.98 Å². The number of amides is 1. The molecule has 3 rings (SSSR count). The largest absolute Gasteiger partial charge is 0.331 e. The summed E-state index contributed by atoms with van der Waals surface area (Å²) >= 11 is 1.41. The van der Waals surface area contributed by atoms with E-state index in [1.807, 2.05) is 44.1 Å². The molecule has 1 amide bonds. The first-order valence-corrected chi connectivity index (χ1v) is 11.7. The van der Waals surface area contributed by atoms with Crippen LogP contribution in [-0.4, -0.2) is 45.8 Å². The van der Waals surface area contributed by atoms with Crippen LogP contribution in [0.25, 0.3) is 11.0 Å². The Kier molecular flexibility index (Phi) is 6.35. The van der Waals surface area contributed by atoms with Crippen molar-refractivity contribution < 1.29 is 13.2 Å². The van der Waals surface area contributed by atoms with Gasteiger partial charge >= 0.3 is 0 Å². The Morgan fingerprint density at radius 1 is 1.24 bits per heavy atom. The first-order valence-electron chi connectivity index (χ1n) is 9.41. The van der Waals surface area contributed by atoms with Crippen molar-refractivity contribution in [3.63, 3.8) is 0 Å². The number of carbonyl (C=O) groups is 1. The number of sulfonamides is 1. The summed E-state index contributed by atoms with van der Waals surface area (Å²) in [5, 5.41) is 1.88. The third-order valence-corrected chi connectivity index (χ3v) is 7.72. The van der Waals surface area contributed by atoms with Crippen molar-refractivity contribution in [2.75, 3.05) is 13.1 Å². The summed E-state index contributed by atoms with van der Waals surface area (Å²) < 4.78 is 30.6. The number of hydrogen-bond acceptors (Lipinski definition) is 5. The number of aryl methyl sites for hydroxylation is 3. The van der Waals surface area contributed by atoms with Crippen LogP contribution in [0.5, 0.6) is 0 Å². The molecule has 0 bridgehead atoms. The van der Waals surface area contributed by atoms with Crippen LogP contribution in [0.4, 0.5) is 0 Å². The molecule has 0 radical (unpaired) electrons. The molecule has 0 fully saturated rings. The van der Waals surface area contributed by atoms with Crippen LogP contribution in [-0.2, 0) is 35.3 Å². The van der Waals surface area contributed by atoms with Crippen molar-refractivity contribution in [2.45, 2.75) is 31.6 Å². The van der Waals surface area contributed by atoms with Gasteiger partial charge in [0.05, 0.1) is 15.9 Å². The monoisotopic (exact) mass is 435 g/mol. The molecule has 156 valence electrons. The van der Waals surface area contributed by atoms with E-state index in [-0.39, 0.29) is 17.2 Å². The summed E-state index contributed by atoms with van der Waals surface area (Å²) in [7, 11) is 0.169. The minimum Gasteiger partial charge on any atom is -0.331 e. The predicted octanol–water partition coefficient (Wildman–Crippen LogP) is 2.06. The van der Waals surface area contributed by atoms with Gasteiger partial charge in [-0.25, -0.2) is 13.4 Å². The second-order valence-electron chi connectivity index (χ2n) is 6.63. The van der Waals surface area contributed by atoms with Crippen molar-refractivity contribution in [1.29, 1.82) is 0 Å². The normalized spacial score (nSPS) is 12.9. The summed E-state index contributed by atoms with van der Waals surface area (Å²) in [6.45, 7) is 4.46. The molecule has 0 saturated carbocycles. The average Bonchev–Trinajstić information content (AvgIpc) is 3.23. The van der Waals surface area contributed by atoms with E-state index in [4.69, 9.17) is 0 Å². The van der Waals surface area contributed by atoms with Gasteiger partial charge in [-0.05, 0) is 18.2 Å². The number of benzene rings is 1. The van der Waals surface area contributed by atoms with E-state index in [0.29, 0.717) is 29.8 Å². The Morgan fingerprint density at radius 3 is 2.59 bits per heavy atom. The summed E-state index contributed by atoms with van der Waals surface area (Å²) in [6.07, 6.45) is 2.52. The molecule has 0 spiro atoms. The zero-order valence-corrected chi connectivity index (χ0v) is 18.6. The molecule has 29 heavy (non-hydrogen) atoms. The Bertz CT molecular complexity index is 1200. The van der Waals surface area contributed by atoms with Gasteiger partial charge in [-0.1, -0.05) is 13.8 Å². The van der Waals surface area contributed by atoms with Gasteiger partial charge < -0.3 is 9.13 Å². The van der Waals surface area contributed by atoms with Gasteiger partial charge in [0.1, 0.15) is 5.82 Å². The molecular formula is C19H25N5O3S2. The van der Waals surface area contributed by atoms with E-state index in [0.717, 1.165) is 11.3 Å². The Morgan fingerprint density at radius 2 is 1.97 bits per heavy atom. The molecule has 0 unspecified atom stereocenters. The number of carbonyl (C=O) groups excluding carboxylic acids is 1. The molecule has 10 heteroatoms. The SMILES string of the molecule is CCN(CC)S(=O)(=O)c1ccc2c(c1)nc(CCC(=O)N=c1sccn1C)n2C. The first kappa shape index (κ1) is 21.4. The molecule has 1 aromatic carbocycles. The lowest BCUT2D eigenvalue weighted by Gasteiger charge is -2.18. The Hall–Kier alpha value is -2.30. The van der Waals surface area contributed by atoms with Crippen LogP contribution in [0, 0.1) is 0 Å². The molecule has 0 aliphatic heterocycles. The molecule has 0 N–H and O–H groups in total. The van der Waals surface area contributed by atoms with Crippen LogP contribution in [0.1, 0.15) is 26.1 Å². The van der Waals surface area contributed by atoms with Gasteiger partial charge in [0, 0.05) is 51.6 Å². The van der Waals surface area contributed by atoms with Crippen LogP contribution >= 0.6 is 11.3 Å². The minimum atomic E-state index is -3.54. The maximum absolute atomic E-state index is 12.8. The second kappa shape index (κ2) is 8.60. The fraction of sp³-hybridized carbons (Fsp3) is 0.421. The van der Waals surface area contributed by atoms with Crippen molar-refractivity contribution in [3.05, 3.63) is 40.4 Å². The quantitative estimate of drug-likeness (QED) is 0.568. The molecular weight excluding hydrogens is 410 g/mol. The highest BCUT2D eigenvalue weighted by molar-refractivity contribution is 7.89. The smallest absolute Gasteiger partial charge is 0.248 e. The summed E-state index contributed by atoms with van der Waals surface area (Å²) in [6, 6.07) is 4.98. The fourth-order valence-corrected chi connectivity index (χ4v) is 5.37. The van der Waals surface area contributed by atoms with E-state index < -0.39 is 10.0 Å². The van der Waals surface area contributed by atoms with Crippen LogP contribution < -0.4 is 4.80 Å². The summed E-state index contributed by atoms with van der Waals surface area (Å²) in [5.41, 5.74) is 1.43. The lowest BCUT2D eigenvalue weighted by molar-refractivity contribution is -0.118. The molecule has 3 aromatic rings. The maximum Gasteiger partial charge on any atom is 0.248 e. The highest BCUT2D eigenvalue weighted by atomic mass is 32.2. The number of thiazole rings is 1. The van der Waals surface area contributed by atoms with Crippen molar-refractivity contribution >= 4 is 38.3 Å². The molecule has 8 nitrogen and oxygen atoms in total. The molecule has 2 heterocycles. The van der Waals surface area contributed by atoms with Gasteiger partial charge in [-0.15, -0.1) is 11.3 Å². The van der Waals surface area contributed by atoms with Gasteiger partial charge in [0.25, 0.3) is 0 Å². The number of hydrogen-bond donors (Lipinski definition) is 0. The highest BCUT2D eigenvalue weighted by Crippen LogP contribution is 2.22. The zero-order valence-electron chi connectivity index (χ0n) is 17.0. The average molecular weight is 436 g/mol. The van der Waals surface area contributed by atoms with Gasteiger partial charge in [-0.3, -0.25) is 4.79 Å². The maximum atomic E-state index is 12.8. The predicted molar refractivity (Wildman–Crippen MR) is 113 cm³/mol.